The second-order valence-corrected chi connectivity index (χ2v) is 2.30. The van der Waals surface area contributed by atoms with E-state index in [2.05, 4.69) is 15.6 Å². The maximum absolute atomic E-state index is 3.91. The molecule has 1 aromatic carbocycles. The molecule has 0 aliphatic rings. The van der Waals surface area contributed by atoms with Gasteiger partial charge in [0, 0.05) is 0 Å². The molecule has 0 saturated carbocycles. The van der Waals surface area contributed by atoms with Gasteiger partial charge in [-0.1, -0.05) is 23.1 Å². The molecule has 0 bridgehead atoms. The van der Waals surface area contributed by atoms with Crippen LogP contribution in [0.3, 0.4) is 0 Å². The van der Waals surface area contributed by atoms with E-state index in [1.54, 1.807) is 12.4 Å². The van der Waals surface area contributed by atoms with Crippen LogP contribution in [0.4, 0.5) is 5.69 Å². The molecule has 0 radical (unpaired) electrons. The van der Waals surface area contributed by atoms with E-state index in [1.165, 1.54) is 4.91 Å². The molecule has 0 aliphatic carbocycles. The number of nitrogens with one attached hydrogen (secondary N) is 1. The third-order valence-electron chi connectivity index (χ3n) is 1.42. The first kappa shape index (κ1) is 6.84. The van der Waals surface area contributed by atoms with Gasteiger partial charge in [-0.25, -0.2) is 0 Å². The third kappa shape index (κ3) is 1.42. The first-order valence-corrected chi connectivity index (χ1v) is 3.63. The van der Waals surface area contributed by atoms with Crippen LogP contribution in [-0.2, 0) is 0 Å². The maximum Gasteiger partial charge on any atom is 0.0714 e. The number of hydrogen-bond donors (Lipinski definition) is 1. The minimum absolute atomic E-state index is 0.966. The molecule has 0 aliphatic heterocycles. The van der Waals surface area contributed by atoms with E-state index >= 15 is 0 Å². The van der Waals surface area contributed by atoms with Crippen LogP contribution in [0, 0.1) is 0 Å². The quantitative estimate of drug-likeness (QED) is 0.716. The van der Waals surface area contributed by atoms with E-state index in [0.717, 1.165) is 5.69 Å². The molecule has 4 heteroatoms. The Labute approximate surface area is 69.8 Å². The number of rotatable bonds is 2. The number of hydrogen-bond acceptors (Lipinski definition) is 3. The van der Waals surface area contributed by atoms with Crippen LogP contribution in [0.25, 0.3) is 0 Å². The van der Waals surface area contributed by atoms with Crippen LogP contribution in [0.5, 0.6) is 0 Å². The average molecular weight is 160 g/mol. The van der Waals surface area contributed by atoms with Gasteiger partial charge in [0.25, 0.3) is 0 Å². The molecule has 1 aromatic heterocycles. The standard InChI is InChI=1S/C8H8N4/c1-2-4-8(5-3-1)11-12-9-6-7-10-12/h1-7,11H. The molecule has 2 rings (SSSR count). The summed E-state index contributed by atoms with van der Waals surface area (Å²) in [5.41, 5.74) is 3.94. The minimum Gasteiger partial charge on any atom is -0.261 e. The Morgan fingerprint density at radius 1 is 1.00 bits per heavy atom. The van der Waals surface area contributed by atoms with Crippen LogP contribution in [-0.4, -0.2) is 15.1 Å². The molecule has 2 aromatic rings. The van der Waals surface area contributed by atoms with Crippen molar-refractivity contribution in [3.05, 3.63) is 42.7 Å². The van der Waals surface area contributed by atoms with Crippen molar-refractivity contribution in [1.82, 2.24) is 15.1 Å². The van der Waals surface area contributed by atoms with Crippen molar-refractivity contribution in [3.8, 4) is 0 Å². The highest BCUT2D eigenvalue weighted by Crippen LogP contribution is 2.03. The molecule has 1 N–H and O–H groups in total. The molecule has 0 spiro atoms. The summed E-state index contributed by atoms with van der Waals surface area (Å²) in [7, 11) is 0. The van der Waals surface area contributed by atoms with E-state index in [1.807, 2.05) is 30.3 Å². The summed E-state index contributed by atoms with van der Waals surface area (Å²) < 4.78 is 0. The summed E-state index contributed by atoms with van der Waals surface area (Å²) in [5.74, 6) is 0. The zero-order valence-corrected chi connectivity index (χ0v) is 6.38. The summed E-state index contributed by atoms with van der Waals surface area (Å²) in [6, 6.07) is 9.76. The molecule has 4 nitrogen and oxygen atoms in total. The first-order chi connectivity index (χ1) is 5.95. The topological polar surface area (TPSA) is 42.7 Å². The molecule has 0 unspecified atom stereocenters. The highest BCUT2D eigenvalue weighted by molar-refractivity contribution is 5.41. The normalized spacial score (nSPS) is 9.67. The van der Waals surface area contributed by atoms with Gasteiger partial charge in [0.1, 0.15) is 0 Å². The lowest BCUT2D eigenvalue weighted by Gasteiger charge is -2.02. The van der Waals surface area contributed by atoms with Crippen molar-refractivity contribution in [3.63, 3.8) is 0 Å². The Kier molecular flexibility index (Phi) is 1.74. The molecule has 60 valence electrons. The fourth-order valence-corrected chi connectivity index (χ4v) is 0.902. The van der Waals surface area contributed by atoms with E-state index in [9.17, 15) is 0 Å². The summed E-state index contributed by atoms with van der Waals surface area (Å²) >= 11 is 0. The third-order valence-corrected chi connectivity index (χ3v) is 1.42. The lowest BCUT2D eigenvalue weighted by atomic mass is 10.3. The Balaban J connectivity index is 2.15. The number of anilines is 1. The zero-order chi connectivity index (χ0) is 8.23. The average Bonchev–Trinajstić information content (AvgIpc) is 2.59. The van der Waals surface area contributed by atoms with Crippen LogP contribution < -0.4 is 5.43 Å². The highest BCUT2D eigenvalue weighted by atomic mass is 15.7. The van der Waals surface area contributed by atoms with Crippen molar-refractivity contribution in [2.45, 2.75) is 0 Å². The van der Waals surface area contributed by atoms with Gasteiger partial charge in [-0.15, -0.1) is 10.2 Å². The van der Waals surface area contributed by atoms with Crippen LogP contribution in [0.1, 0.15) is 0 Å². The monoisotopic (exact) mass is 160 g/mol. The smallest absolute Gasteiger partial charge is 0.0714 e. The Hall–Kier alpha value is -1.84. The summed E-state index contributed by atoms with van der Waals surface area (Å²) in [5, 5.41) is 7.81. The molecular formula is C8H8N4. The number of aromatic nitrogens is 3. The predicted octanol–water partition coefficient (Wildman–Crippen LogP) is 1.15. The number of para-hydroxylation sites is 1. The van der Waals surface area contributed by atoms with Crippen LogP contribution in [0.15, 0.2) is 42.7 Å². The van der Waals surface area contributed by atoms with Gasteiger partial charge >= 0.3 is 0 Å². The van der Waals surface area contributed by atoms with E-state index in [-0.39, 0.29) is 0 Å². The van der Waals surface area contributed by atoms with Gasteiger partial charge in [0.05, 0.1) is 18.1 Å². The van der Waals surface area contributed by atoms with Gasteiger partial charge in [-0.2, -0.15) is 0 Å². The molecule has 0 saturated heterocycles. The van der Waals surface area contributed by atoms with Gasteiger partial charge in [-0.3, -0.25) is 5.43 Å². The molecule has 1 heterocycles. The highest BCUT2D eigenvalue weighted by Gasteiger charge is 1.89. The molecule has 0 fully saturated rings. The SMILES string of the molecule is c1ccc(Nn2nccn2)cc1. The molecule has 0 amide bonds. The fraction of sp³-hybridized carbons (Fsp3) is 0. The van der Waals surface area contributed by atoms with Gasteiger partial charge in [0.2, 0.25) is 0 Å². The van der Waals surface area contributed by atoms with Gasteiger partial charge < -0.3 is 0 Å². The molecule has 12 heavy (non-hydrogen) atoms. The summed E-state index contributed by atoms with van der Waals surface area (Å²) in [4.78, 5) is 1.41. The minimum atomic E-state index is 0.966. The van der Waals surface area contributed by atoms with Crippen molar-refractivity contribution in [1.29, 1.82) is 0 Å². The van der Waals surface area contributed by atoms with Gasteiger partial charge in [0.15, 0.2) is 0 Å². The van der Waals surface area contributed by atoms with E-state index < -0.39 is 0 Å². The second kappa shape index (κ2) is 3.04. The van der Waals surface area contributed by atoms with Crippen molar-refractivity contribution >= 4 is 5.69 Å². The van der Waals surface area contributed by atoms with Gasteiger partial charge in [-0.05, 0) is 12.1 Å². The van der Waals surface area contributed by atoms with Crippen LogP contribution in [0.2, 0.25) is 0 Å². The maximum atomic E-state index is 3.91. The summed E-state index contributed by atoms with van der Waals surface area (Å²) in [6.07, 6.45) is 3.24. The van der Waals surface area contributed by atoms with Crippen molar-refractivity contribution < 1.29 is 0 Å². The van der Waals surface area contributed by atoms with E-state index in [0.29, 0.717) is 0 Å². The Morgan fingerprint density at radius 2 is 1.67 bits per heavy atom. The first-order valence-electron chi connectivity index (χ1n) is 3.63. The lowest BCUT2D eigenvalue weighted by molar-refractivity contribution is 0.686. The predicted molar refractivity (Wildman–Crippen MR) is 45.5 cm³/mol. The number of nitrogens with zero attached hydrogens (tertiary/aromatic N) is 3. The molecule has 0 atom stereocenters. The Bertz CT molecular complexity index is 327. The summed E-state index contributed by atoms with van der Waals surface area (Å²) in [6.45, 7) is 0. The lowest BCUT2D eigenvalue weighted by Crippen LogP contribution is -2.11. The fourth-order valence-electron chi connectivity index (χ4n) is 0.902. The number of benzene rings is 1. The zero-order valence-electron chi connectivity index (χ0n) is 6.38. The van der Waals surface area contributed by atoms with Crippen molar-refractivity contribution in [2.75, 3.05) is 5.43 Å². The van der Waals surface area contributed by atoms with Crippen molar-refractivity contribution in [2.24, 2.45) is 0 Å². The Morgan fingerprint density at radius 3 is 2.33 bits per heavy atom. The second-order valence-electron chi connectivity index (χ2n) is 2.30. The molecular weight excluding hydrogens is 152 g/mol. The van der Waals surface area contributed by atoms with E-state index in [4.69, 9.17) is 0 Å². The largest absolute Gasteiger partial charge is 0.261 e. The van der Waals surface area contributed by atoms with Crippen LogP contribution >= 0.6 is 0 Å².